The molecule has 0 aliphatic carbocycles. The number of hydrogen-bond acceptors (Lipinski definition) is 3. The van der Waals surface area contributed by atoms with Crippen molar-refractivity contribution >= 4 is 12.0 Å². The molecule has 1 aliphatic rings. The van der Waals surface area contributed by atoms with Crippen molar-refractivity contribution in [2.45, 2.75) is 25.9 Å². The Hall–Kier alpha value is -1.06. The quantitative estimate of drug-likeness (QED) is 0.564. The fraction of sp³-hybridized carbons (Fsp3) is 0.714. The SMILES string of the molecule is CC[C@@]1(C)OC(=O)N(C)C1=O. The summed E-state index contributed by atoms with van der Waals surface area (Å²) in [6, 6.07) is 0. The van der Waals surface area contributed by atoms with Gasteiger partial charge in [-0.1, -0.05) is 6.92 Å². The molecule has 4 heteroatoms. The van der Waals surface area contributed by atoms with Crippen LogP contribution >= 0.6 is 0 Å². The van der Waals surface area contributed by atoms with E-state index in [1.54, 1.807) is 6.92 Å². The van der Waals surface area contributed by atoms with E-state index < -0.39 is 11.7 Å². The Bertz CT molecular complexity index is 214. The van der Waals surface area contributed by atoms with Gasteiger partial charge in [0.15, 0.2) is 5.60 Å². The topological polar surface area (TPSA) is 46.6 Å². The van der Waals surface area contributed by atoms with Crippen molar-refractivity contribution in [2.75, 3.05) is 7.05 Å². The molecule has 1 fully saturated rings. The minimum Gasteiger partial charge on any atom is -0.433 e. The average molecular weight is 157 g/mol. The molecule has 0 unspecified atom stereocenters. The van der Waals surface area contributed by atoms with E-state index in [1.807, 2.05) is 6.92 Å². The van der Waals surface area contributed by atoms with Crippen LogP contribution in [-0.4, -0.2) is 29.5 Å². The zero-order chi connectivity index (χ0) is 8.65. The Labute approximate surface area is 65.1 Å². The predicted molar refractivity (Wildman–Crippen MR) is 37.9 cm³/mol. The molecule has 0 radical (unpaired) electrons. The summed E-state index contributed by atoms with van der Waals surface area (Å²) in [4.78, 5) is 23.1. The molecule has 0 bridgehead atoms. The van der Waals surface area contributed by atoms with E-state index in [2.05, 4.69) is 0 Å². The highest BCUT2D eigenvalue weighted by atomic mass is 16.6. The van der Waals surface area contributed by atoms with Crippen LogP contribution in [0.15, 0.2) is 0 Å². The fourth-order valence-electron chi connectivity index (χ4n) is 0.966. The van der Waals surface area contributed by atoms with Crippen molar-refractivity contribution < 1.29 is 14.3 Å². The number of carbonyl (C=O) groups is 2. The van der Waals surface area contributed by atoms with E-state index in [1.165, 1.54) is 7.05 Å². The van der Waals surface area contributed by atoms with Crippen molar-refractivity contribution in [1.29, 1.82) is 0 Å². The first-order valence-corrected chi connectivity index (χ1v) is 3.52. The molecule has 4 nitrogen and oxygen atoms in total. The first-order valence-electron chi connectivity index (χ1n) is 3.52. The van der Waals surface area contributed by atoms with Crippen molar-refractivity contribution in [2.24, 2.45) is 0 Å². The molecule has 0 saturated carbocycles. The second kappa shape index (κ2) is 2.22. The lowest BCUT2D eigenvalue weighted by Gasteiger charge is -2.15. The summed E-state index contributed by atoms with van der Waals surface area (Å²) in [5, 5.41) is 0. The molecule has 0 spiro atoms. The van der Waals surface area contributed by atoms with Crippen LogP contribution < -0.4 is 0 Å². The number of amides is 2. The predicted octanol–water partition coefficient (Wildman–Crippen LogP) is 0.764. The molecule has 0 aromatic carbocycles. The minimum absolute atomic E-state index is 0.259. The van der Waals surface area contributed by atoms with Crippen molar-refractivity contribution in [3.8, 4) is 0 Å². The molecule has 0 aromatic rings. The van der Waals surface area contributed by atoms with Crippen molar-refractivity contribution in [3.05, 3.63) is 0 Å². The highest BCUT2D eigenvalue weighted by molar-refractivity contribution is 6.02. The summed E-state index contributed by atoms with van der Waals surface area (Å²) in [5.74, 6) is -0.259. The number of imide groups is 1. The van der Waals surface area contributed by atoms with Crippen LogP contribution in [0, 0.1) is 0 Å². The molecule has 2 amide bonds. The molecule has 0 aromatic heterocycles. The third-order valence-corrected chi connectivity index (χ3v) is 2.02. The number of likely N-dealkylation sites (N-methyl/N-ethyl adjacent to an activating group) is 1. The second-order valence-electron chi connectivity index (χ2n) is 2.82. The molecular weight excluding hydrogens is 146 g/mol. The largest absolute Gasteiger partial charge is 0.433 e. The van der Waals surface area contributed by atoms with Crippen LogP contribution in [0.4, 0.5) is 4.79 Å². The maximum absolute atomic E-state index is 11.2. The minimum atomic E-state index is -0.925. The summed E-state index contributed by atoms with van der Waals surface area (Å²) < 4.78 is 4.86. The normalized spacial score (nSPS) is 31.0. The van der Waals surface area contributed by atoms with Gasteiger partial charge in [-0.25, -0.2) is 9.69 Å². The van der Waals surface area contributed by atoms with Gasteiger partial charge in [-0.05, 0) is 13.3 Å². The number of nitrogens with zero attached hydrogens (tertiary/aromatic N) is 1. The van der Waals surface area contributed by atoms with E-state index >= 15 is 0 Å². The Morgan fingerprint density at radius 3 is 2.27 bits per heavy atom. The Balaban J connectivity index is 2.91. The highest BCUT2D eigenvalue weighted by Gasteiger charge is 2.47. The van der Waals surface area contributed by atoms with Crippen molar-refractivity contribution in [3.63, 3.8) is 0 Å². The Kier molecular flexibility index (Phi) is 1.62. The maximum Gasteiger partial charge on any atom is 0.417 e. The van der Waals surface area contributed by atoms with E-state index in [9.17, 15) is 9.59 Å². The van der Waals surface area contributed by atoms with Crippen LogP contribution in [0.25, 0.3) is 0 Å². The van der Waals surface area contributed by atoms with Crippen LogP contribution in [-0.2, 0) is 9.53 Å². The zero-order valence-corrected chi connectivity index (χ0v) is 6.88. The monoisotopic (exact) mass is 157 g/mol. The molecule has 1 saturated heterocycles. The number of cyclic esters (lactones) is 1. The van der Waals surface area contributed by atoms with Crippen LogP contribution in [0.3, 0.4) is 0 Å². The summed E-state index contributed by atoms with van der Waals surface area (Å²) in [5.41, 5.74) is -0.925. The Morgan fingerprint density at radius 1 is 1.55 bits per heavy atom. The van der Waals surface area contributed by atoms with Crippen LogP contribution in [0.1, 0.15) is 20.3 Å². The maximum atomic E-state index is 11.2. The van der Waals surface area contributed by atoms with Gasteiger partial charge in [0, 0.05) is 7.05 Å². The summed E-state index contributed by atoms with van der Waals surface area (Å²) in [6.45, 7) is 3.43. The van der Waals surface area contributed by atoms with Gasteiger partial charge in [0.25, 0.3) is 5.91 Å². The summed E-state index contributed by atoms with van der Waals surface area (Å²) in [7, 11) is 1.42. The molecule has 1 heterocycles. The molecule has 1 rings (SSSR count). The first-order chi connectivity index (χ1) is 5.01. The van der Waals surface area contributed by atoms with Gasteiger partial charge in [0.2, 0.25) is 0 Å². The van der Waals surface area contributed by atoms with Gasteiger partial charge in [0.05, 0.1) is 0 Å². The zero-order valence-electron chi connectivity index (χ0n) is 6.88. The Morgan fingerprint density at radius 2 is 2.09 bits per heavy atom. The third kappa shape index (κ3) is 0.982. The standard InChI is InChI=1S/C7H11NO3/c1-4-7(2)5(9)8(3)6(10)11-7/h4H2,1-3H3/t7-/m1/s1. The van der Waals surface area contributed by atoms with Gasteiger partial charge < -0.3 is 4.74 Å². The number of carbonyl (C=O) groups excluding carboxylic acids is 2. The van der Waals surface area contributed by atoms with Crippen molar-refractivity contribution in [1.82, 2.24) is 4.90 Å². The van der Waals surface area contributed by atoms with Gasteiger partial charge in [-0.15, -0.1) is 0 Å². The van der Waals surface area contributed by atoms with E-state index in [-0.39, 0.29) is 5.91 Å². The van der Waals surface area contributed by atoms with Gasteiger partial charge in [-0.2, -0.15) is 0 Å². The summed E-state index contributed by atoms with van der Waals surface area (Å²) >= 11 is 0. The number of rotatable bonds is 1. The van der Waals surface area contributed by atoms with E-state index in [0.717, 1.165) is 4.90 Å². The molecule has 62 valence electrons. The lowest BCUT2D eigenvalue weighted by molar-refractivity contribution is -0.135. The smallest absolute Gasteiger partial charge is 0.417 e. The lowest BCUT2D eigenvalue weighted by atomic mass is 10.0. The van der Waals surface area contributed by atoms with Crippen LogP contribution in [0.5, 0.6) is 0 Å². The van der Waals surface area contributed by atoms with Gasteiger partial charge in [-0.3, -0.25) is 4.79 Å². The lowest BCUT2D eigenvalue weighted by Crippen LogP contribution is -2.35. The van der Waals surface area contributed by atoms with Gasteiger partial charge in [0.1, 0.15) is 0 Å². The molecular formula is C7H11NO3. The van der Waals surface area contributed by atoms with E-state index in [0.29, 0.717) is 6.42 Å². The number of ether oxygens (including phenoxy) is 1. The van der Waals surface area contributed by atoms with E-state index in [4.69, 9.17) is 4.74 Å². The summed E-state index contributed by atoms with van der Waals surface area (Å²) in [6.07, 6.45) is -0.0404. The second-order valence-corrected chi connectivity index (χ2v) is 2.82. The molecule has 0 N–H and O–H groups in total. The van der Waals surface area contributed by atoms with Gasteiger partial charge >= 0.3 is 6.09 Å². The highest BCUT2D eigenvalue weighted by Crippen LogP contribution is 2.25. The number of hydrogen-bond donors (Lipinski definition) is 0. The molecule has 11 heavy (non-hydrogen) atoms. The third-order valence-electron chi connectivity index (χ3n) is 2.02. The molecule has 1 atom stereocenters. The van der Waals surface area contributed by atoms with Crippen LogP contribution in [0.2, 0.25) is 0 Å². The first kappa shape index (κ1) is 8.04. The average Bonchev–Trinajstić information content (AvgIpc) is 2.17. The molecule has 1 aliphatic heterocycles. The fourth-order valence-corrected chi connectivity index (χ4v) is 0.966.